The van der Waals surface area contributed by atoms with Crippen LogP contribution >= 0.6 is 0 Å². The maximum Gasteiger partial charge on any atom is 0.163 e. The van der Waals surface area contributed by atoms with Gasteiger partial charge in [-0.15, -0.1) is 0 Å². The lowest BCUT2D eigenvalue weighted by Crippen LogP contribution is -2.01. The number of nitrogens with one attached hydrogen (secondary N) is 2. The quantitative estimate of drug-likeness (QED) is 0.443. The van der Waals surface area contributed by atoms with Gasteiger partial charge in [0.05, 0.1) is 34.2 Å². The van der Waals surface area contributed by atoms with Gasteiger partial charge < -0.3 is 14.8 Å². The Morgan fingerprint density at radius 3 is 2.58 bits per heavy atom. The van der Waals surface area contributed by atoms with Crippen molar-refractivity contribution in [3.8, 4) is 11.5 Å². The third-order valence-electron chi connectivity index (χ3n) is 4.61. The van der Waals surface area contributed by atoms with Gasteiger partial charge in [0.1, 0.15) is 18.8 Å². The molecule has 2 aromatic carbocycles. The fraction of sp³-hybridized carbons (Fsp3) is 0.136. The van der Waals surface area contributed by atoms with Gasteiger partial charge in [-0.1, -0.05) is 12.1 Å². The van der Waals surface area contributed by atoms with Crippen molar-refractivity contribution in [1.29, 1.82) is 4.78 Å². The Bertz CT molecular complexity index is 1310. The second-order valence-corrected chi connectivity index (χ2v) is 9.04. The molecule has 0 saturated carbocycles. The predicted octanol–water partition coefficient (Wildman–Crippen LogP) is 4.39. The van der Waals surface area contributed by atoms with E-state index in [1.165, 1.54) is 12.6 Å². The van der Waals surface area contributed by atoms with E-state index in [1.54, 1.807) is 49.8 Å². The van der Waals surface area contributed by atoms with Crippen molar-refractivity contribution in [1.82, 2.24) is 15.0 Å². The minimum atomic E-state index is -2.73. The molecule has 0 aliphatic carbocycles. The number of fused-ring (bicyclic) bond motifs is 1. The molecule has 9 heteroatoms. The average molecular weight is 436 g/mol. The maximum atomic E-state index is 11.8. The largest absolute Gasteiger partial charge is 0.493 e. The molecule has 0 fully saturated rings. The van der Waals surface area contributed by atoms with Crippen molar-refractivity contribution in [2.75, 3.05) is 18.7 Å². The van der Waals surface area contributed by atoms with Crippen LogP contribution in [0.15, 0.2) is 72.1 Å². The molecule has 31 heavy (non-hydrogen) atoms. The Morgan fingerprint density at radius 1 is 1.10 bits per heavy atom. The molecule has 1 atom stereocenters. The van der Waals surface area contributed by atoms with Crippen LogP contribution < -0.4 is 14.8 Å². The third kappa shape index (κ3) is 4.72. The Labute approximate surface area is 180 Å². The number of anilines is 2. The molecular weight excluding hydrogens is 414 g/mol. The molecule has 2 aromatic heterocycles. The van der Waals surface area contributed by atoms with E-state index < -0.39 is 9.73 Å². The van der Waals surface area contributed by atoms with Gasteiger partial charge in [-0.2, -0.15) is 0 Å². The van der Waals surface area contributed by atoms with Gasteiger partial charge in [0.15, 0.2) is 11.5 Å². The minimum Gasteiger partial charge on any atom is -0.493 e. The van der Waals surface area contributed by atoms with E-state index in [2.05, 4.69) is 20.3 Å². The number of rotatable bonds is 7. The highest BCUT2D eigenvalue weighted by molar-refractivity contribution is 7.91. The van der Waals surface area contributed by atoms with Gasteiger partial charge in [-0.05, 0) is 35.9 Å². The summed E-state index contributed by atoms with van der Waals surface area (Å²) in [4.78, 5) is 13.3. The van der Waals surface area contributed by atoms with Crippen molar-refractivity contribution in [2.45, 2.75) is 11.5 Å². The minimum absolute atomic E-state index is 0.289. The second kappa shape index (κ2) is 8.57. The molecule has 0 amide bonds. The van der Waals surface area contributed by atoms with Crippen molar-refractivity contribution < 1.29 is 13.7 Å². The van der Waals surface area contributed by atoms with Crippen LogP contribution in [0.25, 0.3) is 10.9 Å². The molecule has 2 N–H and O–H groups in total. The Balaban J connectivity index is 1.60. The zero-order chi connectivity index (χ0) is 21.8. The monoisotopic (exact) mass is 435 g/mol. The summed E-state index contributed by atoms with van der Waals surface area (Å²) in [6.45, 7) is 0.289. The van der Waals surface area contributed by atoms with Crippen molar-refractivity contribution >= 4 is 32.1 Å². The summed E-state index contributed by atoms with van der Waals surface area (Å²) in [5.41, 5.74) is 2.40. The second-order valence-electron chi connectivity index (χ2n) is 6.89. The summed E-state index contributed by atoms with van der Waals surface area (Å²) in [7, 11) is -1.16. The van der Waals surface area contributed by atoms with Crippen molar-refractivity contribution in [3.63, 3.8) is 0 Å². The number of benzene rings is 2. The van der Waals surface area contributed by atoms with Gasteiger partial charge in [-0.3, -0.25) is 4.98 Å². The molecule has 1 unspecified atom stereocenters. The summed E-state index contributed by atoms with van der Waals surface area (Å²) in [5.74, 6) is 1.73. The Kier molecular flexibility index (Phi) is 5.68. The lowest BCUT2D eigenvalue weighted by molar-refractivity contribution is 0.285. The SMILES string of the molecule is COc1cc2c(Nc3cccnc3)ncnc2cc1OCc1ccc(S(C)(=N)=O)cc1. The van der Waals surface area contributed by atoms with Crippen LogP contribution in [0.3, 0.4) is 0 Å². The van der Waals surface area contributed by atoms with Crippen molar-refractivity contribution in [2.24, 2.45) is 0 Å². The summed E-state index contributed by atoms with van der Waals surface area (Å²) >= 11 is 0. The predicted molar refractivity (Wildman–Crippen MR) is 119 cm³/mol. The number of aromatic nitrogens is 3. The van der Waals surface area contributed by atoms with Gasteiger partial charge in [0.2, 0.25) is 0 Å². The first-order chi connectivity index (χ1) is 14.9. The van der Waals surface area contributed by atoms with Crippen LogP contribution in [0.1, 0.15) is 5.56 Å². The first-order valence-corrected chi connectivity index (χ1v) is 11.4. The molecule has 0 aliphatic rings. The fourth-order valence-electron chi connectivity index (χ4n) is 3.02. The van der Waals surface area contributed by atoms with Crippen LogP contribution in [0, 0.1) is 4.78 Å². The number of pyridine rings is 1. The lowest BCUT2D eigenvalue weighted by Gasteiger charge is -2.14. The van der Waals surface area contributed by atoms with E-state index in [4.69, 9.17) is 14.3 Å². The topological polar surface area (TPSA) is 110 Å². The normalized spacial score (nSPS) is 12.8. The van der Waals surface area contributed by atoms with Crippen LogP contribution in [-0.2, 0) is 16.3 Å². The molecule has 0 aliphatic heterocycles. The molecule has 2 heterocycles. The number of nitrogens with zero attached hydrogens (tertiary/aromatic N) is 3. The highest BCUT2D eigenvalue weighted by atomic mass is 32.2. The van der Waals surface area contributed by atoms with Crippen LogP contribution in [0.2, 0.25) is 0 Å². The molecule has 158 valence electrons. The number of hydrogen-bond acceptors (Lipinski definition) is 8. The summed E-state index contributed by atoms with van der Waals surface area (Å²) in [6, 6.07) is 14.4. The average Bonchev–Trinajstić information content (AvgIpc) is 2.77. The van der Waals surface area contributed by atoms with Gasteiger partial charge in [0, 0.05) is 28.8 Å². The first kappa shape index (κ1) is 20.5. The molecular formula is C22H21N5O3S. The number of ether oxygens (including phenoxy) is 2. The zero-order valence-corrected chi connectivity index (χ0v) is 17.8. The zero-order valence-electron chi connectivity index (χ0n) is 17.0. The van der Waals surface area contributed by atoms with Gasteiger partial charge >= 0.3 is 0 Å². The fourth-order valence-corrected chi connectivity index (χ4v) is 3.67. The lowest BCUT2D eigenvalue weighted by atomic mass is 10.2. The molecule has 0 saturated heterocycles. The molecule has 0 bridgehead atoms. The molecule has 0 radical (unpaired) electrons. The molecule has 4 aromatic rings. The smallest absolute Gasteiger partial charge is 0.163 e. The summed E-state index contributed by atoms with van der Waals surface area (Å²) in [5, 5.41) is 4.03. The third-order valence-corrected chi connectivity index (χ3v) is 5.78. The Hall–Kier alpha value is -3.72. The summed E-state index contributed by atoms with van der Waals surface area (Å²) < 4.78 is 31.0. The van der Waals surface area contributed by atoms with Crippen LogP contribution in [0.4, 0.5) is 11.5 Å². The molecule has 8 nitrogen and oxygen atoms in total. The van der Waals surface area contributed by atoms with Crippen LogP contribution in [0.5, 0.6) is 11.5 Å². The maximum absolute atomic E-state index is 11.8. The van der Waals surface area contributed by atoms with E-state index in [-0.39, 0.29) is 6.61 Å². The first-order valence-electron chi connectivity index (χ1n) is 9.39. The van der Waals surface area contributed by atoms with E-state index >= 15 is 0 Å². The summed E-state index contributed by atoms with van der Waals surface area (Å²) in [6.07, 6.45) is 6.30. The van der Waals surface area contributed by atoms with Crippen LogP contribution in [-0.4, -0.2) is 32.5 Å². The highest BCUT2D eigenvalue weighted by Crippen LogP contribution is 2.35. The van der Waals surface area contributed by atoms with Crippen molar-refractivity contribution in [3.05, 3.63) is 72.8 Å². The van der Waals surface area contributed by atoms with Gasteiger partial charge in [-0.25, -0.2) is 19.0 Å². The van der Waals surface area contributed by atoms with Gasteiger partial charge in [0.25, 0.3) is 0 Å². The molecule has 0 spiro atoms. The van der Waals surface area contributed by atoms with E-state index in [1.807, 2.05) is 18.2 Å². The van der Waals surface area contributed by atoms with E-state index in [0.29, 0.717) is 27.7 Å². The Morgan fingerprint density at radius 2 is 1.90 bits per heavy atom. The molecule has 4 rings (SSSR count). The standard InChI is InChI=1S/C22H21N5O3S/c1-29-20-10-18-19(25-14-26-22(18)27-16-4-3-9-24-12-16)11-21(20)30-13-15-5-7-17(8-6-15)31(2,23)28/h3-12,14,23H,13H2,1-2H3,(H,25,26,27). The van der Waals surface area contributed by atoms with E-state index in [9.17, 15) is 4.21 Å². The highest BCUT2D eigenvalue weighted by Gasteiger charge is 2.12. The number of hydrogen-bond donors (Lipinski definition) is 2. The number of methoxy groups -OCH3 is 1. The van der Waals surface area contributed by atoms with E-state index in [0.717, 1.165) is 16.6 Å².